The van der Waals surface area contributed by atoms with Crippen LogP contribution in [0.15, 0.2) is 18.2 Å². The van der Waals surface area contributed by atoms with Gasteiger partial charge in [-0.05, 0) is 63.3 Å². The number of carbonyl (C=O) groups excluding carboxylic acids is 1. The highest BCUT2D eigenvalue weighted by Gasteiger charge is 2.39. The molecule has 2 aromatic heterocycles. The summed E-state index contributed by atoms with van der Waals surface area (Å²) in [7, 11) is 1.23. The smallest absolute Gasteiger partial charge is 0.417 e. The van der Waals surface area contributed by atoms with E-state index in [9.17, 15) is 40.8 Å². The van der Waals surface area contributed by atoms with Crippen molar-refractivity contribution in [3.63, 3.8) is 0 Å². The molecule has 2 aromatic carbocycles. The first-order valence-corrected chi connectivity index (χ1v) is 17.7. The molecule has 0 aliphatic carbocycles. The van der Waals surface area contributed by atoms with Gasteiger partial charge in [0.2, 0.25) is 0 Å². The van der Waals surface area contributed by atoms with Gasteiger partial charge in [0, 0.05) is 55.5 Å². The molecule has 7 rings (SSSR count). The molecular formula is C35H37F8N7O2S. The molecule has 0 spiro atoms. The number of halogens is 8. The van der Waals surface area contributed by atoms with Crippen LogP contribution in [0.1, 0.15) is 57.1 Å². The lowest BCUT2D eigenvalue weighted by Gasteiger charge is -2.19. The number of nitrogens with two attached hydrogens (primary N) is 1. The SMILES string of the molecule is CC(F)(F)C(=O)N1CCCC1.CCNc1nc(OC)nc2c(F)c(-c3ccc(F)c4sc(N)c(C#N)c34)c(C(F)(F)F)cc12.FC1CC2CCCN2C1. The van der Waals surface area contributed by atoms with Crippen molar-refractivity contribution in [1.29, 1.82) is 5.26 Å². The average molecular weight is 772 g/mol. The van der Waals surface area contributed by atoms with Crippen LogP contribution < -0.4 is 15.8 Å². The lowest BCUT2D eigenvalue weighted by atomic mass is 9.92. The topological polar surface area (TPSA) is 120 Å². The van der Waals surface area contributed by atoms with Crippen LogP contribution in [0.2, 0.25) is 0 Å². The van der Waals surface area contributed by atoms with Crippen LogP contribution in [0.25, 0.3) is 32.1 Å². The third-order valence-corrected chi connectivity index (χ3v) is 10.2. The molecule has 286 valence electrons. The second-order valence-corrected chi connectivity index (χ2v) is 13.9. The van der Waals surface area contributed by atoms with E-state index >= 15 is 4.39 Å². The monoisotopic (exact) mass is 771 g/mol. The van der Waals surface area contributed by atoms with Crippen molar-refractivity contribution in [2.75, 3.05) is 50.9 Å². The molecule has 0 radical (unpaired) electrons. The summed E-state index contributed by atoms with van der Waals surface area (Å²) in [5.74, 6) is -6.38. The van der Waals surface area contributed by atoms with Gasteiger partial charge in [-0.3, -0.25) is 9.69 Å². The highest BCUT2D eigenvalue weighted by molar-refractivity contribution is 7.23. The summed E-state index contributed by atoms with van der Waals surface area (Å²) < 4.78 is 115. The summed E-state index contributed by atoms with van der Waals surface area (Å²) in [6.07, 6.45) is -0.486. The zero-order chi connectivity index (χ0) is 38.8. The third kappa shape index (κ3) is 8.35. The highest BCUT2D eigenvalue weighted by Crippen LogP contribution is 2.47. The summed E-state index contributed by atoms with van der Waals surface area (Å²) in [6, 6.07) is 4.75. The van der Waals surface area contributed by atoms with Crippen molar-refractivity contribution >= 4 is 49.1 Å². The molecule has 3 fully saturated rings. The predicted molar refractivity (Wildman–Crippen MR) is 186 cm³/mol. The number of carbonyl (C=O) groups is 1. The molecule has 18 heteroatoms. The molecule has 3 aliphatic heterocycles. The van der Waals surface area contributed by atoms with Crippen LogP contribution >= 0.6 is 11.3 Å². The van der Waals surface area contributed by atoms with Gasteiger partial charge in [0.05, 0.1) is 22.9 Å². The van der Waals surface area contributed by atoms with Gasteiger partial charge >= 0.3 is 18.1 Å². The predicted octanol–water partition coefficient (Wildman–Crippen LogP) is 8.16. The molecule has 2 unspecified atom stereocenters. The fraction of sp³-hybridized carbons (Fsp3) is 0.486. The van der Waals surface area contributed by atoms with E-state index in [1.54, 1.807) is 13.0 Å². The summed E-state index contributed by atoms with van der Waals surface area (Å²) in [5.41, 5.74) is 2.59. The Labute approximate surface area is 303 Å². The number of thiophene rings is 1. The number of aromatic nitrogens is 2. The van der Waals surface area contributed by atoms with Gasteiger partial charge in [-0.2, -0.15) is 37.2 Å². The van der Waals surface area contributed by atoms with Crippen molar-refractivity contribution in [2.45, 2.75) is 70.3 Å². The Kier molecular flexibility index (Phi) is 11.9. The molecule has 3 saturated heterocycles. The van der Waals surface area contributed by atoms with Crippen LogP contribution in [0.4, 0.5) is 45.9 Å². The number of benzene rings is 2. The summed E-state index contributed by atoms with van der Waals surface area (Å²) in [6.45, 7) is 5.46. The zero-order valence-corrected chi connectivity index (χ0v) is 29.8. The van der Waals surface area contributed by atoms with Gasteiger partial charge in [0.25, 0.3) is 5.91 Å². The van der Waals surface area contributed by atoms with E-state index in [1.165, 1.54) is 24.9 Å². The Balaban J connectivity index is 0.000000217. The number of hydrogen-bond donors (Lipinski definition) is 2. The molecule has 5 heterocycles. The van der Waals surface area contributed by atoms with E-state index in [0.29, 0.717) is 43.9 Å². The number of anilines is 2. The van der Waals surface area contributed by atoms with Crippen LogP contribution in [0, 0.1) is 23.0 Å². The van der Waals surface area contributed by atoms with Crippen LogP contribution in [-0.4, -0.2) is 83.6 Å². The largest absolute Gasteiger partial charge is 0.467 e. The molecule has 2 atom stereocenters. The molecule has 3 aliphatic rings. The fourth-order valence-corrected chi connectivity index (χ4v) is 7.77. The maximum atomic E-state index is 15.9. The van der Waals surface area contributed by atoms with Crippen molar-refractivity contribution in [2.24, 2.45) is 0 Å². The molecule has 4 aromatic rings. The molecule has 0 bridgehead atoms. The number of nitrogens with one attached hydrogen (secondary N) is 1. The number of rotatable bonds is 5. The molecule has 0 saturated carbocycles. The Bertz CT molecular complexity index is 2010. The average Bonchev–Trinajstić information content (AvgIpc) is 3.90. The van der Waals surface area contributed by atoms with Gasteiger partial charge in [-0.15, -0.1) is 11.3 Å². The fourth-order valence-electron chi connectivity index (χ4n) is 6.82. The minimum absolute atomic E-state index is 0.0444. The summed E-state index contributed by atoms with van der Waals surface area (Å²) in [5, 5.41) is 11.8. The van der Waals surface area contributed by atoms with E-state index in [-0.39, 0.29) is 50.0 Å². The van der Waals surface area contributed by atoms with E-state index < -0.39 is 52.5 Å². The number of methoxy groups -OCH3 is 1. The number of ether oxygens (including phenoxy) is 1. The van der Waals surface area contributed by atoms with E-state index in [1.807, 2.05) is 0 Å². The maximum absolute atomic E-state index is 15.9. The minimum atomic E-state index is -5.00. The maximum Gasteiger partial charge on any atom is 0.417 e. The number of hydrogen-bond acceptors (Lipinski definition) is 9. The lowest BCUT2D eigenvalue weighted by molar-refractivity contribution is -0.153. The van der Waals surface area contributed by atoms with Crippen molar-refractivity contribution in [3.8, 4) is 23.2 Å². The molecular weight excluding hydrogens is 734 g/mol. The summed E-state index contributed by atoms with van der Waals surface area (Å²) >= 11 is 0.698. The van der Waals surface area contributed by atoms with Crippen molar-refractivity contribution in [3.05, 3.63) is 41.0 Å². The quantitative estimate of drug-likeness (QED) is 0.195. The Hall–Kier alpha value is -4.50. The number of nitriles is 1. The standard InChI is InChI=1S/C21H14F5N5OS.C7H11F2NO.C7H12FN/c1-3-29-19-9-6-11(21(24,25)26)14(15(23)16(9)30-20(31-19)32-2)8-4-5-12(22)17-13(8)10(7-27)18(28)33-17;1-7(8,9)6(11)10-4-2-3-5-10;8-6-4-7-2-1-3-9(7)5-6/h4-6H,3,28H2,1-2H3,(H,29,30,31);2-5H2,1H3;6-7H,1-5H2. The second-order valence-electron chi connectivity index (χ2n) is 12.9. The molecule has 9 nitrogen and oxygen atoms in total. The van der Waals surface area contributed by atoms with Gasteiger partial charge in [0.15, 0.2) is 5.82 Å². The van der Waals surface area contributed by atoms with Crippen molar-refractivity contribution < 1.29 is 44.7 Å². The van der Waals surface area contributed by atoms with Crippen LogP contribution in [0.5, 0.6) is 6.01 Å². The number of fused-ring (bicyclic) bond motifs is 3. The Morgan fingerprint density at radius 2 is 1.83 bits per heavy atom. The molecule has 1 amide bonds. The highest BCUT2D eigenvalue weighted by atomic mass is 32.1. The first-order chi connectivity index (χ1) is 25.0. The van der Waals surface area contributed by atoms with Crippen LogP contribution in [0.3, 0.4) is 0 Å². The zero-order valence-electron chi connectivity index (χ0n) is 29.0. The van der Waals surface area contributed by atoms with Crippen LogP contribution in [-0.2, 0) is 11.0 Å². The van der Waals surface area contributed by atoms with E-state index in [2.05, 4.69) is 20.2 Å². The number of nitrogens with zero attached hydrogens (tertiary/aromatic N) is 5. The third-order valence-electron chi connectivity index (χ3n) is 9.17. The van der Waals surface area contributed by atoms with Gasteiger partial charge in [0.1, 0.15) is 34.4 Å². The molecule has 3 N–H and O–H groups in total. The number of amides is 1. The van der Waals surface area contributed by atoms with E-state index in [0.717, 1.165) is 44.0 Å². The summed E-state index contributed by atoms with van der Waals surface area (Å²) in [4.78, 5) is 22.2. The Morgan fingerprint density at radius 3 is 2.42 bits per heavy atom. The Morgan fingerprint density at radius 1 is 1.13 bits per heavy atom. The van der Waals surface area contributed by atoms with Gasteiger partial charge < -0.3 is 20.7 Å². The lowest BCUT2D eigenvalue weighted by Crippen LogP contribution is -2.39. The number of alkyl halides is 6. The first kappa shape index (κ1) is 39.7. The van der Waals surface area contributed by atoms with Gasteiger partial charge in [-0.1, -0.05) is 6.07 Å². The second kappa shape index (κ2) is 15.8. The normalized spacial score (nSPS) is 18.6. The first-order valence-electron chi connectivity index (χ1n) is 16.9. The molecule has 53 heavy (non-hydrogen) atoms. The van der Waals surface area contributed by atoms with E-state index in [4.69, 9.17) is 10.5 Å². The van der Waals surface area contributed by atoms with Gasteiger partial charge in [-0.25, -0.2) is 13.2 Å². The number of likely N-dealkylation sites (tertiary alicyclic amines) is 1. The van der Waals surface area contributed by atoms with Crippen molar-refractivity contribution in [1.82, 2.24) is 19.8 Å². The minimum Gasteiger partial charge on any atom is -0.467 e. The number of nitrogen functional groups attached to an aromatic ring is 1.